The Kier molecular flexibility index (Phi) is 6.15. The number of hydrogen-bond acceptors (Lipinski definition) is 7. The van der Waals surface area contributed by atoms with Crippen LogP contribution in [-0.2, 0) is 0 Å². The Bertz CT molecular complexity index is 1350. The third-order valence-electron chi connectivity index (χ3n) is 6.87. The van der Waals surface area contributed by atoms with Gasteiger partial charge in [0.05, 0.1) is 14.2 Å². The van der Waals surface area contributed by atoms with Crippen molar-refractivity contribution in [1.29, 1.82) is 0 Å². The van der Waals surface area contributed by atoms with Gasteiger partial charge in [-0.2, -0.15) is 4.52 Å². The maximum absolute atomic E-state index is 5.44. The highest BCUT2D eigenvalue weighted by Gasteiger charge is 2.30. The van der Waals surface area contributed by atoms with Crippen molar-refractivity contribution in [2.24, 2.45) is 0 Å². The monoisotopic (exact) mass is 587 g/mol. The number of pyridine rings is 2. The van der Waals surface area contributed by atoms with Crippen LogP contribution in [0.3, 0.4) is 0 Å². The molecule has 5 heterocycles. The zero-order valence-corrected chi connectivity index (χ0v) is 22.3. The summed E-state index contributed by atoms with van der Waals surface area (Å²) in [5.74, 6) is 5.82. The second kappa shape index (κ2) is 9.44. The molecule has 184 valence electrons. The molecule has 1 aliphatic heterocycles. The topological polar surface area (TPSA) is 82.1 Å². The van der Waals surface area contributed by atoms with E-state index < -0.39 is 0 Å². The van der Waals surface area contributed by atoms with Crippen LogP contribution in [0.5, 0.6) is 11.5 Å². The lowest BCUT2D eigenvalue weighted by Crippen LogP contribution is -2.31. The molecule has 35 heavy (non-hydrogen) atoms. The molecule has 0 spiro atoms. The first-order chi connectivity index (χ1) is 17.2. The lowest BCUT2D eigenvalue weighted by Gasteiger charge is -2.28. The Labute approximate surface area is 218 Å². The van der Waals surface area contributed by atoms with E-state index in [1.807, 2.05) is 27.2 Å². The van der Waals surface area contributed by atoms with E-state index in [2.05, 4.69) is 43.6 Å². The summed E-state index contributed by atoms with van der Waals surface area (Å²) in [6, 6.07) is 8.05. The van der Waals surface area contributed by atoms with E-state index in [9.17, 15) is 0 Å². The molecular weight excluding hydrogens is 557 g/mol. The quantitative estimate of drug-likeness (QED) is 0.245. The molecule has 0 bridgehead atoms. The fourth-order valence-electron chi connectivity index (χ4n) is 4.58. The molecule has 4 aromatic rings. The fourth-order valence-corrected chi connectivity index (χ4v) is 5.09. The average Bonchev–Trinajstić information content (AvgIpc) is 3.83. The van der Waals surface area contributed by atoms with Gasteiger partial charge in [0.25, 0.3) is 0 Å². The van der Waals surface area contributed by atoms with Gasteiger partial charge in [0.15, 0.2) is 34.4 Å². The predicted octanol–water partition coefficient (Wildman–Crippen LogP) is 4.83. The van der Waals surface area contributed by atoms with Crippen molar-refractivity contribution >= 4 is 39.7 Å². The zero-order valence-electron chi connectivity index (χ0n) is 20.2. The fraction of sp³-hybridized carbons (Fsp3) is 0.520. The summed E-state index contributed by atoms with van der Waals surface area (Å²) in [4.78, 5) is 11.6. The highest BCUT2D eigenvalue weighted by Crippen LogP contribution is 2.40. The number of hydrogen-bond donors (Lipinski definition) is 0. The number of methoxy groups -OCH3 is 2. The van der Waals surface area contributed by atoms with E-state index >= 15 is 0 Å². The van der Waals surface area contributed by atoms with Gasteiger partial charge in [-0.3, -0.25) is 0 Å². The molecule has 1 saturated heterocycles. The minimum Gasteiger partial charge on any atom is -0.493 e. The summed E-state index contributed by atoms with van der Waals surface area (Å²) in [7, 11) is 3.36. The Morgan fingerprint density at radius 2 is 1.29 bits per heavy atom. The van der Waals surface area contributed by atoms with Crippen molar-refractivity contribution in [3.63, 3.8) is 0 Å². The molecule has 10 heteroatoms. The van der Waals surface area contributed by atoms with Gasteiger partial charge in [-0.25, -0.2) is 14.5 Å². The number of fused-ring (bicyclic) bond motifs is 2. The normalized spacial score (nSPS) is 18.0. The number of aromatic nitrogens is 6. The third kappa shape index (κ3) is 4.52. The van der Waals surface area contributed by atoms with E-state index in [0.717, 1.165) is 57.1 Å². The Hall–Kier alpha value is -2.63. The second-order valence-electron chi connectivity index (χ2n) is 9.49. The highest BCUT2D eigenvalue weighted by molar-refractivity contribution is 14.1. The van der Waals surface area contributed by atoms with Crippen molar-refractivity contribution in [1.82, 2.24) is 29.2 Å². The number of anilines is 1. The number of piperidine rings is 1. The molecule has 3 fully saturated rings. The van der Waals surface area contributed by atoms with E-state index in [1.165, 1.54) is 44.9 Å². The van der Waals surface area contributed by atoms with E-state index in [1.54, 1.807) is 14.2 Å². The largest absolute Gasteiger partial charge is 0.493 e. The van der Waals surface area contributed by atoms with E-state index in [0.29, 0.717) is 11.8 Å². The lowest BCUT2D eigenvalue weighted by molar-refractivity contribution is 0.416. The first-order valence-corrected chi connectivity index (χ1v) is 13.5. The lowest BCUT2D eigenvalue weighted by atomic mass is 10.1. The van der Waals surface area contributed by atoms with E-state index in [4.69, 9.17) is 19.6 Å². The van der Waals surface area contributed by atoms with Crippen LogP contribution < -0.4 is 14.4 Å². The first kappa shape index (κ1) is 22.8. The summed E-state index contributed by atoms with van der Waals surface area (Å²) < 4.78 is 15.6. The summed E-state index contributed by atoms with van der Waals surface area (Å²) in [5.41, 5.74) is 1.68. The van der Waals surface area contributed by atoms with Gasteiger partial charge in [-0.1, -0.05) is 0 Å². The molecule has 0 unspecified atom stereocenters. The first-order valence-electron chi connectivity index (χ1n) is 12.4. The zero-order chi connectivity index (χ0) is 23.9. The SMILES string of the molecule is COc1ccc(I)n2nc(C3CC3)nc12.COc1ccc(N2CCCCC2)n2nc(C3CC3)nc12. The molecule has 0 aromatic carbocycles. The molecule has 2 saturated carbocycles. The maximum Gasteiger partial charge on any atom is 0.200 e. The van der Waals surface area contributed by atoms with Crippen LogP contribution in [0.1, 0.15) is 68.4 Å². The van der Waals surface area contributed by atoms with Crippen molar-refractivity contribution < 1.29 is 9.47 Å². The van der Waals surface area contributed by atoms with Gasteiger partial charge >= 0.3 is 0 Å². The van der Waals surface area contributed by atoms with Gasteiger partial charge in [0, 0.05) is 24.9 Å². The van der Waals surface area contributed by atoms with Gasteiger partial charge in [-0.05, 0) is 91.8 Å². The summed E-state index contributed by atoms with van der Waals surface area (Å²) in [5, 5.41) is 9.24. The smallest absolute Gasteiger partial charge is 0.200 e. The number of halogens is 1. The number of rotatable bonds is 5. The average molecular weight is 587 g/mol. The molecule has 0 radical (unpaired) electrons. The third-order valence-corrected chi connectivity index (χ3v) is 7.68. The van der Waals surface area contributed by atoms with Gasteiger partial charge in [-0.15, -0.1) is 10.2 Å². The van der Waals surface area contributed by atoms with E-state index in [-0.39, 0.29) is 0 Å². The van der Waals surface area contributed by atoms with Crippen molar-refractivity contribution in [3.8, 4) is 11.5 Å². The molecule has 0 N–H and O–H groups in total. The Balaban J connectivity index is 0.000000136. The Morgan fingerprint density at radius 3 is 1.86 bits per heavy atom. The molecule has 0 amide bonds. The minimum absolute atomic E-state index is 0.564. The summed E-state index contributed by atoms with van der Waals surface area (Å²) in [6.45, 7) is 2.22. The van der Waals surface area contributed by atoms with Crippen LogP contribution in [0.2, 0.25) is 0 Å². The molecule has 9 nitrogen and oxygen atoms in total. The molecule has 7 rings (SSSR count). The maximum atomic E-state index is 5.44. The number of ether oxygens (including phenoxy) is 2. The minimum atomic E-state index is 0.564. The van der Waals surface area contributed by atoms with Crippen molar-refractivity contribution in [2.75, 3.05) is 32.2 Å². The summed E-state index contributed by atoms with van der Waals surface area (Å²) >= 11 is 2.25. The number of nitrogens with zero attached hydrogens (tertiary/aromatic N) is 7. The van der Waals surface area contributed by atoms with Crippen LogP contribution >= 0.6 is 22.6 Å². The molecule has 2 aliphatic carbocycles. The summed E-state index contributed by atoms with van der Waals surface area (Å²) in [6.07, 6.45) is 8.73. The predicted molar refractivity (Wildman–Crippen MR) is 142 cm³/mol. The van der Waals surface area contributed by atoms with Crippen molar-refractivity contribution in [2.45, 2.75) is 56.8 Å². The van der Waals surface area contributed by atoms with Gasteiger partial charge < -0.3 is 14.4 Å². The second-order valence-corrected chi connectivity index (χ2v) is 10.6. The highest BCUT2D eigenvalue weighted by atomic mass is 127. The van der Waals surface area contributed by atoms with Gasteiger partial charge in [0.1, 0.15) is 9.52 Å². The Morgan fingerprint density at radius 1 is 0.743 bits per heavy atom. The van der Waals surface area contributed by atoms with Crippen molar-refractivity contribution in [3.05, 3.63) is 39.6 Å². The van der Waals surface area contributed by atoms with Crippen LogP contribution in [-0.4, -0.2) is 56.5 Å². The standard InChI is InChI=1S/C15H20N4O.C10H10IN3O/c1-20-12-7-8-13(18-9-3-2-4-10-18)19-15(12)16-14(17-19)11-5-6-11;1-15-7-4-5-8(11)14-10(7)12-9(13-14)6-2-3-6/h7-8,11H,2-6,9-10H2,1H3;4-6H,2-3H2,1H3. The molecule has 3 aliphatic rings. The van der Waals surface area contributed by atoms with Crippen LogP contribution in [0.4, 0.5) is 5.82 Å². The molecule has 0 atom stereocenters. The van der Waals surface area contributed by atoms with Crippen LogP contribution in [0, 0.1) is 3.70 Å². The van der Waals surface area contributed by atoms with Gasteiger partial charge in [0.2, 0.25) is 0 Å². The molecular formula is C25H30IN7O2. The van der Waals surface area contributed by atoms with Crippen LogP contribution in [0.25, 0.3) is 11.3 Å². The molecule has 4 aromatic heterocycles. The van der Waals surface area contributed by atoms with Crippen LogP contribution in [0.15, 0.2) is 24.3 Å².